The molecule has 0 aromatic heterocycles. The van der Waals surface area contributed by atoms with Gasteiger partial charge in [0.1, 0.15) is 5.82 Å². The molecule has 6 nitrogen and oxygen atoms in total. The summed E-state index contributed by atoms with van der Waals surface area (Å²) < 4.78 is 13.3. The Labute approximate surface area is 147 Å². The summed E-state index contributed by atoms with van der Waals surface area (Å²) in [5, 5.41) is 2.79. The number of amides is 3. The maximum Gasteiger partial charge on any atom is 0.322 e. The van der Waals surface area contributed by atoms with Crippen LogP contribution in [-0.4, -0.2) is 73.0 Å². The van der Waals surface area contributed by atoms with Crippen LogP contribution in [0.4, 0.5) is 14.9 Å². The summed E-state index contributed by atoms with van der Waals surface area (Å²) in [7, 11) is 3.51. The maximum absolute atomic E-state index is 13.3. The van der Waals surface area contributed by atoms with Crippen molar-refractivity contribution in [2.75, 3.05) is 45.6 Å². The maximum atomic E-state index is 13.3. The minimum atomic E-state index is -0.372. The molecule has 3 aliphatic rings. The van der Waals surface area contributed by atoms with Gasteiger partial charge in [0, 0.05) is 45.5 Å². The summed E-state index contributed by atoms with van der Waals surface area (Å²) >= 11 is 0. The Hall–Kier alpha value is -2.15. The molecule has 0 radical (unpaired) electrons. The summed E-state index contributed by atoms with van der Waals surface area (Å²) in [6.45, 7) is 2.60. The van der Waals surface area contributed by atoms with Crippen molar-refractivity contribution in [2.24, 2.45) is 5.92 Å². The van der Waals surface area contributed by atoms with Gasteiger partial charge in [-0.25, -0.2) is 9.18 Å². The lowest BCUT2D eigenvalue weighted by molar-refractivity contribution is -0.129. The van der Waals surface area contributed by atoms with Crippen LogP contribution in [0.3, 0.4) is 0 Å². The van der Waals surface area contributed by atoms with Crippen molar-refractivity contribution >= 4 is 17.6 Å². The van der Waals surface area contributed by atoms with Gasteiger partial charge in [-0.3, -0.25) is 9.69 Å². The van der Waals surface area contributed by atoms with Crippen LogP contribution in [0.2, 0.25) is 0 Å². The first-order chi connectivity index (χ1) is 11.9. The molecule has 3 fully saturated rings. The Morgan fingerprint density at radius 3 is 2.76 bits per heavy atom. The third kappa shape index (κ3) is 4.28. The van der Waals surface area contributed by atoms with E-state index in [2.05, 4.69) is 10.2 Å². The number of benzene rings is 1. The van der Waals surface area contributed by atoms with E-state index in [1.54, 1.807) is 31.1 Å². The third-order valence-corrected chi connectivity index (χ3v) is 4.98. The van der Waals surface area contributed by atoms with Gasteiger partial charge in [0.25, 0.3) is 0 Å². The van der Waals surface area contributed by atoms with Crippen LogP contribution in [0.25, 0.3) is 0 Å². The van der Waals surface area contributed by atoms with Crippen molar-refractivity contribution in [3.63, 3.8) is 0 Å². The number of halogens is 1. The molecule has 0 unspecified atom stereocenters. The predicted octanol–water partition coefficient (Wildman–Crippen LogP) is 1.84. The molecule has 1 aromatic carbocycles. The SMILES string of the molecule is CN(C)C(=O)CN1C[C@@H]2CC[C@H](C1)N(C(=O)Nc1cccc(F)c1)C2. The van der Waals surface area contributed by atoms with Crippen molar-refractivity contribution < 1.29 is 14.0 Å². The number of hydrogen-bond donors (Lipinski definition) is 1. The van der Waals surface area contributed by atoms with E-state index >= 15 is 0 Å². The zero-order valence-electron chi connectivity index (χ0n) is 14.7. The molecule has 0 spiro atoms. The number of carbonyl (C=O) groups is 2. The smallest absolute Gasteiger partial charge is 0.322 e. The van der Waals surface area contributed by atoms with Crippen LogP contribution >= 0.6 is 0 Å². The monoisotopic (exact) mass is 348 g/mol. The summed E-state index contributed by atoms with van der Waals surface area (Å²) in [5.74, 6) is 0.0765. The van der Waals surface area contributed by atoms with Crippen LogP contribution < -0.4 is 5.32 Å². The van der Waals surface area contributed by atoms with Crippen LogP contribution in [0, 0.1) is 11.7 Å². The molecule has 0 saturated carbocycles. The lowest BCUT2D eigenvalue weighted by Crippen LogP contribution is -2.49. The average molecular weight is 348 g/mol. The number of fused-ring (bicyclic) bond motifs is 4. The predicted molar refractivity (Wildman–Crippen MR) is 93.8 cm³/mol. The molecule has 3 amide bonds. The van der Waals surface area contributed by atoms with Gasteiger partial charge < -0.3 is 15.1 Å². The Morgan fingerprint density at radius 1 is 1.24 bits per heavy atom. The minimum absolute atomic E-state index is 0.0806. The Morgan fingerprint density at radius 2 is 2.04 bits per heavy atom. The molecule has 136 valence electrons. The van der Waals surface area contributed by atoms with E-state index in [1.165, 1.54) is 12.1 Å². The van der Waals surface area contributed by atoms with Gasteiger partial charge in [-0.05, 0) is 37.0 Å². The Bertz CT molecular complexity index is 652. The fraction of sp³-hybridized carbons (Fsp3) is 0.556. The molecule has 3 heterocycles. The molecule has 4 rings (SSSR count). The number of nitrogens with one attached hydrogen (secondary N) is 1. The van der Waals surface area contributed by atoms with Gasteiger partial charge in [0.15, 0.2) is 0 Å². The van der Waals surface area contributed by atoms with Crippen LogP contribution in [0.15, 0.2) is 24.3 Å². The minimum Gasteiger partial charge on any atom is -0.348 e. The van der Waals surface area contributed by atoms with E-state index in [1.807, 2.05) is 4.90 Å². The van der Waals surface area contributed by atoms with E-state index in [4.69, 9.17) is 0 Å². The first kappa shape index (κ1) is 17.7. The normalized spacial score (nSPS) is 23.2. The lowest BCUT2D eigenvalue weighted by Gasteiger charge is -2.36. The second kappa shape index (κ2) is 7.39. The average Bonchev–Trinajstić information content (AvgIpc) is 2.85. The van der Waals surface area contributed by atoms with Crippen molar-refractivity contribution in [1.82, 2.24) is 14.7 Å². The second-order valence-corrected chi connectivity index (χ2v) is 7.17. The van der Waals surface area contributed by atoms with Crippen LogP contribution in [0.5, 0.6) is 0 Å². The Balaban J connectivity index is 1.66. The molecule has 0 aliphatic carbocycles. The number of carbonyl (C=O) groups excluding carboxylic acids is 2. The standard InChI is InChI=1S/C18H25FN4O2/c1-21(2)17(24)12-22-9-13-6-7-16(11-22)23(10-13)18(25)20-15-5-3-4-14(19)8-15/h3-5,8,13,16H,6-7,9-12H2,1-2H3,(H,20,25)/t13-,16+/m0/s1. The van der Waals surface area contributed by atoms with Gasteiger partial charge >= 0.3 is 6.03 Å². The second-order valence-electron chi connectivity index (χ2n) is 7.17. The lowest BCUT2D eigenvalue weighted by atomic mass is 9.95. The highest BCUT2D eigenvalue weighted by atomic mass is 19.1. The quantitative estimate of drug-likeness (QED) is 0.907. The van der Waals surface area contributed by atoms with Crippen LogP contribution in [0.1, 0.15) is 12.8 Å². The number of rotatable bonds is 3. The molecule has 1 aromatic rings. The highest BCUT2D eigenvalue weighted by Gasteiger charge is 2.37. The van der Waals surface area contributed by atoms with Gasteiger partial charge in [-0.2, -0.15) is 0 Å². The van der Waals surface area contributed by atoms with E-state index in [0.717, 1.165) is 19.4 Å². The number of piperidine rings is 1. The molecule has 3 saturated heterocycles. The van der Waals surface area contributed by atoms with Crippen molar-refractivity contribution in [1.29, 1.82) is 0 Å². The largest absolute Gasteiger partial charge is 0.348 e. The molecule has 3 aliphatic heterocycles. The van der Waals surface area contributed by atoms with E-state index in [-0.39, 0.29) is 23.8 Å². The van der Waals surface area contributed by atoms with Gasteiger partial charge in [-0.15, -0.1) is 0 Å². The van der Waals surface area contributed by atoms with Crippen molar-refractivity contribution in [3.8, 4) is 0 Å². The topological polar surface area (TPSA) is 55.9 Å². The molecule has 2 atom stereocenters. The van der Waals surface area contributed by atoms with E-state index in [9.17, 15) is 14.0 Å². The van der Waals surface area contributed by atoms with Crippen LogP contribution in [-0.2, 0) is 4.79 Å². The number of likely N-dealkylation sites (N-methyl/N-ethyl adjacent to an activating group) is 1. The van der Waals surface area contributed by atoms with Gasteiger partial charge in [0.2, 0.25) is 5.91 Å². The molecule has 1 N–H and O–H groups in total. The molecular weight excluding hydrogens is 323 g/mol. The highest BCUT2D eigenvalue weighted by Crippen LogP contribution is 2.28. The number of anilines is 1. The summed E-state index contributed by atoms with van der Waals surface area (Å²) in [6, 6.07) is 5.82. The first-order valence-electron chi connectivity index (χ1n) is 8.68. The molecular formula is C18H25FN4O2. The summed E-state index contributed by atoms with van der Waals surface area (Å²) in [4.78, 5) is 30.3. The fourth-order valence-electron chi connectivity index (χ4n) is 3.65. The fourth-order valence-corrected chi connectivity index (χ4v) is 3.65. The Kier molecular flexibility index (Phi) is 5.22. The number of nitrogens with zero attached hydrogens (tertiary/aromatic N) is 3. The summed E-state index contributed by atoms with van der Waals surface area (Å²) in [6.07, 6.45) is 2.01. The summed E-state index contributed by atoms with van der Waals surface area (Å²) in [5.41, 5.74) is 0.463. The van der Waals surface area contributed by atoms with Crippen molar-refractivity contribution in [2.45, 2.75) is 18.9 Å². The van der Waals surface area contributed by atoms with Gasteiger partial charge in [0.05, 0.1) is 6.54 Å². The zero-order chi connectivity index (χ0) is 18.0. The highest BCUT2D eigenvalue weighted by molar-refractivity contribution is 5.89. The third-order valence-electron chi connectivity index (χ3n) is 4.98. The number of urea groups is 1. The van der Waals surface area contributed by atoms with E-state index in [0.29, 0.717) is 31.2 Å². The molecule has 2 bridgehead atoms. The van der Waals surface area contributed by atoms with E-state index < -0.39 is 0 Å². The first-order valence-corrected chi connectivity index (χ1v) is 8.68. The molecule has 7 heteroatoms. The van der Waals surface area contributed by atoms with Gasteiger partial charge in [-0.1, -0.05) is 6.07 Å². The van der Waals surface area contributed by atoms with Crippen molar-refractivity contribution in [3.05, 3.63) is 30.1 Å². The number of hydrogen-bond acceptors (Lipinski definition) is 3. The zero-order valence-corrected chi connectivity index (χ0v) is 14.7. The molecule has 25 heavy (non-hydrogen) atoms.